The van der Waals surface area contributed by atoms with Gasteiger partial charge in [0.05, 0.1) is 6.61 Å². The second-order valence-corrected chi connectivity index (χ2v) is 4.61. The molecule has 0 bridgehead atoms. The van der Waals surface area contributed by atoms with Gasteiger partial charge in [0.2, 0.25) is 0 Å². The summed E-state index contributed by atoms with van der Waals surface area (Å²) >= 11 is 5.25. The van der Waals surface area contributed by atoms with Gasteiger partial charge in [-0.15, -0.1) is 0 Å². The highest BCUT2D eigenvalue weighted by atomic mass is 32.1. The highest BCUT2D eigenvalue weighted by molar-refractivity contribution is 7.80. The Kier molecular flexibility index (Phi) is 4.90. The fourth-order valence-corrected chi connectivity index (χ4v) is 1.91. The Morgan fingerprint density at radius 3 is 2.55 bits per heavy atom. The summed E-state index contributed by atoms with van der Waals surface area (Å²) in [7, 11) is 0. The predicted octanol–water partition coefficient (Wildman–Crippen LogP) is 3.60. The summed E-state index contributed by atoms with van der Waals surface area (Å²) in [5, 5.41) is 6.66. The number of pyridine rings is 1. The van der Waals surface area contributed by atoms with Gasteiger partial charge in [0, 0.05) is 11.4 Å². The molecule has 20 heavy (non-hydrogen) atoms. The van der Waals surface area contributed by atoms with E-state index >= 15 is 0 Å². The van der Waals surface area contributed by atoms with Gasteiger partial charge >= 0.3 is 0 Å². The van der Waals surface area contributed by atoms with Crippen LogP contribution in [0.15, 0.2) is 42.5 Å². The summed E-state index contributed by atoms with van der Waals surface area (Å²) in [5.74, 6) is 1.57. The molecule has 5 heteroatoms. The topological polar surface area (TPSA) is 46.2 Å². The average Bonchev–Trinajstić information content (AvgIpc) is 2.41. The molecule has 0 atom stereocenters. The van der Waals surface area contributed by atoms with Crippen LogP contribution in [0.4, 0.5) is 11.5 Å². The molecule has 0 amide bonds. The lowest BCUT2D eigenvalue weighted by molar-refractivity contribution is 0.340. The molecule has 0 aliphatic heterocycles. The van der Waals surface area contributed by atoms with Gasteiger partial charge in [0.25, 0.3) is 0 Å². The van der Waals surface area contributed by atoms with Crippen LogP contribution in [-0.4, -0.2) is 16.7 Å². The van der Waals surface area contributed by atoms with E-state index in [-0.39, 0.29) is 0 Å². The summed E-state index contributed by atoms with van der Waals surface area (Å²) in [5.41, 5.74) is 1.84. The Balaban J connectivity index is 1.94. The zero-order valence-electron chi connectivity index (χ0n) is 11.5. The minimum Gasteiger partial charge on any atom is -0.494 e. The monoisotopic (exact) mass is 287 g/mol. The summed E-state index contributed by atoms with van der Waals surface area (Å²) in [6, 6.07) is 13.4. The molecule has 1 aromatic carbocycles. The first-order valence-electron chi connectivity index (χ1n) is 6.42. The maximum Gasteiger partial charge on any atom is 0.176 e. The zero-order chi connectivity index (χ0) is 14.4. The van der Waals surface area contributed by atoms with E-state index in [0.29, 0.717) is 11.7 Å². The molecule has 0 spiro atoms. The van der Waals surface area contributed by atoms with Crippen LogP contribution in [0.2, 0.25) is 0 Å². The first-order valence-corrected chi connectivity index (χ1v) is 6.82. The highest BCUT2D eigenvalue weighted by Crippen LogP contribution is 2.16. The van der Waals surface area contributed by atoms with Crippen LogP contribution >= 0.6 is 12.2 Å². The molecule has 2 rings (SSSR count). The van der Waals surface area contributed by atoms with Crippen LogP contribution in [0.5, 0.6) is 5.75 Å². The lowest BCUT2D eigenvalue weighted by Crippen LogP contribution is -2.19. The van der Waals surface area contributed by atoms with Gasteiger partial charge in [-0.3, -0.25) is 0 Å². The number of aromatic nitrogens is 1. The Labute approximate surface area is 124 Å². The fourth-order valence-electron chi connectivity index (χ4n) is 1.69. The number of anilines is 2. The minimum absolute atomic E-state index is 0.507. The molecule has 104 valence electrons. The van der Waals surface area contributed by atoms with Gasteiger partial charge in [-0.2, -0.15) is 0 Å². The van der Waals surface area contributed by atoms with Crippen LogP contribution in [0.3, 0.4) is 0 Å². The standard InChI is InChI=1S/C15H17N3OS/c1-3-19-13-9-7-12(8-10-13)17-15(20)18-14-6-4-5-11(2)16-14/h4-10H,3H2,1-2H3,(H2,16,17,18,20). The van der Waals surface area contributed by atoms with Gasteiger partial charge < -0.3 is 15.4 Å². The summed E-state index contributed by atoms with van der Waals surface area (Å²) in [6.07, 6.45) is 0. The molecule has 1 heterocycles. The summed E-state index contributed by atoms with van der Waals surface area (Å²) < 4.78 is 5.39. The van der Waals surface area contributed by atoms with Crippen molar-refractivity contribution in [3.05, 3.63) is 48.2 Å². The molecule has 0 radical (unpaired) electrons. The van der Waals surface area contributed by atoms with E-state index in [1.165, 1.54) is 0 Å². The van der Waals surface area contributed by atoms with E-state index in [1.54, 1.807) is 0 Å². The van der Waals surface area contributed by atoms with Crippen LogP contribution in [-0.2, 0) is 0 Å². The second-order valence-electron chi connectivity index (χ2n) is 4.20. The quantitative estimate of drug-likeness (QED) is 0.841. The number of nitrogens with one attached hydrogen (secondary N) is 2. The number of thiocarbonyl (C=S) groups is 1. The molecule has 0 aliphatic rings. The Morgan fingerprint density at radius 2 is 1.90 bits per heavy atom. The lowest BCUT2D eigenvalue weighted by Gasteiger charge is -2.11. The Bertz CT molecular complexity index is 584. The van der Waals surface area contributed by atoms with Crippen LogP contribution < -0.4 is 15.4 Å². The van der Waals surface area contributed by atoms with Crippen molar-refractivity contribution in [2.24, 2.45) is 0 Å². The van der Waals surface area contributed by atoms with Crippen molar-refractivity contribution in [1.29, 1.82) is 0 Å². The van der Waals surface area contributed by atoms with Gasteiger partial charge in [-0.1, -0.05) is 6.07 Å². The van der Waals surface area contributed by atoms with Crippen molar-refractivity contribution in [3.63, 3.8) is 0 Å². The molecular weight excluding hydrogens is 270 g/mol. The van der Waals surface area contributed by atoms with E-state index in [4.69, 9.17) is 17.0 Å². The zero-order valence-corrected chi connectivity index (χ0v) is 12.3. The maximum absolute atomic E-state index is 5.39. The minimum atomic E-state index is 0.507. The third kappa shape index (κ3) is 4.20. The van der Waals surface area contributed by atoms with E-state index in [1.807, 2.05) is 56.3 Å². The number of aryl methyl sites for hydroxylation is 1. The molecule has 0 saturated heterocycles. The maximum atomic E-state index is 5.39. The van der Waals surface area contributed by atoms with Gasteiger partial charge in [0.1, 0.15) is 11.6 Å². The van der Waals surface area contributed by atoms with E-state index in [9.17, 15) is 0 Å². The molecule has 0 unspecified atom stereocenters. The summed E-state index contributed by atoms with van der Waals surface area (Å²) in [4.78, 5) is 4.33. The Morgan fingerprint density at radius 1 is 1.15 bits per heavy atom. The van der Waals surface area contributed by atoms with Gasteiger partial charge in [-0.05, 0) is 62.5 Å². The molecular formula is C15H17N3OS. The normalized spacial score (nSPS) is 9.90. The van der Waals surface area contributed by atoms with E-state index in [0.717, 1.165) is 22.9 Å². The third-order valence-electron chi connectivity index (χ3n) is 2.55. The van der Waals surface area contributed by atoms with Crippen molar-refractivity contribution in [2.45, 2.75) is 13.8 Å². The predicted molar refractivity (Wildman–Crippen MR) is 86.4 cm³/mol. The molecule has 0 aliphatic carbocycles. The third-order valence-corrected chi connectivity index (χ3v) is 2.76. The van der Waals surface area contributed by atoms with E-state index in [2.05, 4.69) is 15.6 Å². The van der Waals surface area contributed by atoms with Crippen LogP contribution in [0.25, 0.3) is 0 Å². The van der Waals surface area contributed by atoms with Gasteiger partial charge in [-0.25, -0.2) is 4.98 Å². The first-order chi connectivity index (χ1) is 9.67. The molecule has 4 nitrogen and oxygen atoms in total. The van der Waals surface area contributed by atoms with Crippen molar-refractivity contribution in [1.82, 2.24) is 4.98 Å². The highest BCUT2D eigenvalue weighted by Gasteiger charge is 2.00. The molecule has 0 saturated carbocycles. The fraction of sp³-hybridized carbons (Fsp3) is 0.200. The lowest BCUT2D eigenvalue weighted by atomic mass is 10.3. The van der Waals surface area contributed by atoms with Crippen LogP contribution in [0.1, 0.15) is 12.6 Å². The van der Waals surface area contributed by atoms with Crippen LogP contribution in [0, 0.1) is 6.92 Å². The number of ether oxygens (including phenoxy) is 1. The smallest absolute Gasteiger partial charge is 0.176 e. The largest absolute Gasteiger partial charge is 0.494 e. The van der Waals surface area contributed by atoms with Gasteiger partial charge in [0.15, 0.2) is 5.11 Å². The number of hydrogen-bond acceptors (Lipinski definition) is 3. The average molecular weight is 287 g/mol. The first kappa shape index (κ1) is 14.3. The van der Waals surface area contributed by atoms with E-state index < -0.39 is 0 Å². The molecule has 1 aromatic heterocycles. The van der Waals surface area contributed by atoms with Crippen molar-refractivity contribution in [3.8, 4) is 5.75 Å². The Hall–Kier alpha value is -2.14. The molecule has 2 N–H and O–H groups in total. The van der Waals surface area contributed by atoms with Crippen molar-refractivity contribution in [2.75, 3.05) is 17.2 Å². The summed E-state index contributed by atoms with van der Waals surface area (Å²) in [6.45, 7) is 4.56. The SMILES string of the molecule is CCOc1ccc(NC(=S)Nc2cccc(C)n2)cc1. The molecule has 2 aromatic rings. The number of nitrogens with zero attached hydrogens (tertiary/aromatic N) is 1. The number of rotatable bonds is 4. The molecule has 0 fully saturated rings. The van der Waals surface area contributed by atoms with Crippen molar-refractivity contribution >= 4 is 28.8 Å². The second kappa shape index (κ2) is 6.86. The number of benzene rings is 1. The van der Waals surface area contributed by atoms with Crippen molar-refractivity contribution < 1.29 is 4.74 Å². The number of hydrogen-bond donors (Lipinski definition) is 2.